The van der Waals surface area contributed by atoms with Crippen LogP contribution in [-0.4, -0.2) is 28.1 Å². The second-order valence-electron chi connectivity index (χ2n) is 4.82. The van der Waals surface area contributed by atoms with Crippen molar-refractivity contribution in [3.63, 3.8) is 0 Å². The molecule has 0 radical (unpaired) electrons. The number of nitrogens with zero attached hydrogens (tertiary/aromatic N) is 3. The number of rotatable bonds is 9. The third-order valence-corrected chi connectivity index (χ3v) is 3.12. The molecule has 2 rings (SSSR count). The van der Waals surface area contributed by atoms with Crippen LogP contribution in [-0.2, 0) is 6.42 Å². The van der Waals surface area contributed by atoms with Crippen molar-refractivity contribution in [2.24, 2.45) is 0 Å². The van der Waals surface area contributed by atoms with Crippen LogP contribution in [0, 0.1) is 0 Å². The Kier molecular flexibility index (Phi) is 6.45. The summed E-state index contributed by atoms with van der Waals surface area (Å²) in [6.07, 6.45) is 11.1. The zero-order valence-corrected chi connectivity index (χ0v) is 12.5. The van der Waals surface area contributed by atoms with Crippen molar-refractivity contribution in [3.8, 4) is 5.75 Å². The average Bonchev–Trinajstić information content (AvgIpc) is 2.54. The van der Waals surface area contributed by atoms with Crippen LogP contribution in [0.15, 0.2) is 37.1 Å². The molecule has 0 aliphatic rings. The highest BCUT2D eigenvalue weighted by atomic mass is 16.5. The quantitative estimate of drug-likeness (QED) is 0.718. The van der Waals surface area contributed by atoms with Gasteiger partial charge in [-0.05, 0) is 37.0 Å². The zero-order valence-electron chi connectivity index (χ0n) is 12.5. The molecule has 2 aromatic heterocycles. The SMILES string of the molecule is CCCCNc1ncncc1OCCCc1ccncc1. The Bertz CT molecular complexity index is 519. The van der Waals surface area contributed by atoms with Gasteiger partial charge in [0.15, 0.2) is 11.6 Å². The molecule has 5 heteroatoms. The van der Waals surface area contributed by atoms with E-state index in [4.69, 9.17) is 4.74 Å². The number of nitrogens with one attached hydrogen (secondary N) is 1. The molecule has 0 unspecified atom stereocenters. The van der Waals surface area contributed by atoms with Gasteiger partial charge >= 0.3 is 0 Å². The molecule has 2 heterocycles. The summed E-state index contributed by atoms with van der Waals surface area (Å²) in [5, 5.41) is 3.29. The fourth-order valence-electron chi connectivity index (χ4n) is 1.95. The Hall–Kier alpha value is -2.17. The minimum Gasteiger partial charge on any atom is -0.488 e. The van der Waals surface area contributed by atoms with E-state index >= 15 is 0 Å². The first-order valence-electron chi connectivity index (χ1n) is 7.45. The number of aryl methyl sites for hydroxylation is 1. The number of anilines is 1. The fourth-order valence-corrected chi connectivity index (χ4v) is 1.95. The van der Waals surface area contributed by atoms with Gasteiger partial charge in [-0.1, -0.05) is 13.3 Å². The number of ether oxygens (including phenoxy) is 1. The average molecular weight is 286 g/mol. The Morgan fingerprint density at radius 2 is 2.00 bits per heavy atom. The second kappa shape index (κ2) is 8.89. The first kappa shape index (κ1) is 15.2. The molecule has 1 N–H and O–H groups in total. The van der Waals surface area contributed by atoms with Gasteiger partial charge in [-0.2, -0.15) is 0 Å². The lowest BCUT2D eigenvalue weighted by atomic mass is 10.1. The monoisotopic (exact) mass is 286 g/mol. The lowest BCUT2D eigenvalue weighted by molar-refractivity contribution is 0.310. The first-order valence-corrected chi connectivity index (χ1v) is 7.45. The van der Waals surface area contributed by atoms with Gasteiger partial charge < -0.3 is 10.1 Å². The summed E-state index contributed by atoms with van der Waals surface area (Å²) in [6.45, 7) is 3.72. The lowest BCUT2D eigenvalue weighted by Gasteiger charge is -2.11. The normalized spacial score (nSPS) is 10.3. The maximum atomic E-state index is 5.79. The summed E-state index contributed by atoms with van der Waals surface area (Å²) in [5.74, 6) is 1.51. The summed E-state index contributed by atoms with van der Waals surface area (Å²) < 4.78 is 5.79. The molecule has 0 aliphatic carbocycles. The highest BCUT2D eigenvalue weighted by Gasteiger charge is 2.04. The van der Waals surface area contributed by atoms with Gasteiger partial charge in [0, 0.05) is 18.9 Å². The molecule has 0 amide bonds. The van der Waals surface area contributed by atoms with E-state index in [1.807, 2.05) is 24.5 Å². The van der Waals surface area contributed by atoms with Crippen LogP contribution in [0.3, 0.4) is 0 Å². The van der Waals surface area contributed by atoms with Crippen molar-refractivity contribution in [3.05, 3.63) is 42.6 Å². The molecule has 2 aromatic rings. The maximum Gasteiger partial charge on any atom is 0.179 e. The van der Waals surface area contributed by atoms with E-state index in [-0.39, 0.29) is 0 Å². The minimum absolute atomic E-state index is 0.651. The molecule has 0 aliphatic heterocycles. The van der Waals surface area contributed by atoms with Crippen LogP contribution in [0.2, 0.25) is 0 Å². The van der Waals surface area contributed by atoms with Crippen molar-refractivity contribution in [1.29, 1.82) is 0 Å². The lowest BCUT2D eigenvalue weighted by Crippen LogP contribution is -2.07. The molecule has 0 saturated carbocycles. The summed E-state index contributed by atoms with van der Waals surface area (Å²) >= 11 is 0. The van der Waals surface area contributed by atoms with Gasteiger partial charge in [-0.15, -0.1) is 0 Å². The van der Waals surface area contributed by atoms with Crippen LogP contribution >= 0.6 is 0 Å². The van der Waals surface area contributed by atoms with Gasteiger partial charge in [-0.3, -0.25) is 4.98 Å². The molecule has 5 nitrogen and oxygen atoms in total. The molecule has 0 fully saturated rings. The number of pyridine rings is 1. The summed E-state index contributed by atoms with van der Waals surface area (Å²) in [7, 11) is 0. The van der Waals surface area contributed by atoms with Crippen LogP contribution < -0.4 is 10.1 Å². The minimum atomic E-state index is 0.651. The maximum absolute atomic E-state index is 5.79. The van der Waals surface area contributed by atoms with Gasteiger partial charge in [0.2, 0.25) is 0 Å². The van der Waals surface area contributed by atoms with Gasteiger partial charge in [-0.25, -0.2) is 9.97 Å². The molecule has 0 spiro atoms. The van der Waals surface area contributed by atoms with E-state index in [0.717, 1.165) is 43.8 Å². The van der Waals surface area contributed by atoms with Crippen LogP contribution in [0.1, 0.15) is 31.7 Å². The highest BCUT2D eigenvalue weighted by molar-refractivity contribution is 5.47. The summed E-state index contributed by atoms with van der Waals surface area (Å²) in [4.78, 5) is 12.3. The van der Waals surface area contributed by atoms with Crippen molar-refractivity contribution in [1.82, 2.24) is 15.0 Å². The smallest absolute Gasteiger partial charge is 0.179 e. The van der Waals surface area contributed by atoms with Gasteiger partial charge in [0.25, 0.3) is 0 Å². The molecule has 0 atom stereocenters. The van der Waals surface area contributed by atoms with Crippen LogP contribution in [0.4, 0.5) is 5.82 Å². The molecule has 0 aromatic carbocycles. The topological polar surface area (TPSA) is 59.9 Å². The van der Waals surface area contributed by atoms with Crippen molar-refractivity contribution >= 4 is 5.82 Å². The Morgan fingerprint density at radius 3 is 2.81 bits per heavy atom. The van der Waals surface area contributed by atoms with E-state index in [1.54, 1.807) is 6.20 Å². The number of unbranched alkanes of at least 4 members (excludes halogenated alkanes) is 1. The van der Waals surface area contributed by atoms with Gasteiger partial charge in [0.05, 0.1) is 12.8 Å². The van der Waals surface area contributed by atoms with E-state index in [9.17, 15) is 0 Å². The van der Waals surface area contributed by atoms with Crippen LogP contribution in [0.25, 0.3) is 0 Å². The molecular formula is C16H22N4O. The molecule has 0 saturated heterocycles. The Morgan fingerprint density at radius 1 is 1.14 bits per heavy atom. The van der Waals surface area contributed by atoms with Crippen LogP contribution in [0.5, 0.6) is 5.75 Å². The molecular weight excluding hydrogens is 264 g/mol. The molecule has 0 bridgehead atoms. The summed E-state index contributed by atoms with van der Waals surface area (Å²) in [5.41, 5.74) is 1.28. The third kappa shape index (κ3) is 5.38. The Balaban J connectivity index is 1.77. The van der Waals surface area contributed by atoms with Crippen molar-refractivity contribution in [2.75, 3.05) is 18.5 Å². The largest absolute Gasteiger partial charge is 0.488 e. The predicted molar refractivity (Wildman–Crippen MR) is 83.5 cm³/mol. The highest BCUT2D eigenvalue weighted by Crippen LogP contribution is 2.19. The first-order chi connectivity index (χ1) is 10.4. The van der Waals surface area contributed by atoms with E-state index in [0.29, 0.717) is 6.61 Å². The number of aromatic nitrogens is 3. The second-order valence-corrected chi connectivity index (χ2v) is 4.82. The fraction of sp³-hybridized carbons (Fsp3) is 0.438. The van der Waals surface area contributed by atoms with E-state index in [2.05, 4.69) is 27.2 Å². The van der Waals surface area contributed by atoms with Gasteiger partial charge in [0.1, 0.15) is 6.33 Å². The third-order valence-electron chi connectivity index (χ3n) is 3.12. The zero-order chi connectivity index (χ0) is 14.8. The Labute approximate surface area is 125 Å². The number of hydrogen-bond donors (Lipinski definition) is 1. The van der Waals surface area contributed by atoms with Crippen molar-refractivity contribution in [2.45, 2.75) is 32.6 Å². The predicted octanol–water partition coefficient (Wildman–Crippen LogP) is 3.10. The number of hydrogen-bond acceptors (Lipinski definition) is 5. The molecule has 112 valence electrons. The molecule has 21 heavy (non-hydrogen) atoms. The standard InChI is InChI=1S/C16H22N4O/c1-2-3-8-19-16-15(12-18-13-20-16)21-11-4-5-14-6-9-17-10-7-14/h6-7,9-10,12-13H,2-5,8,11H2,1H3,(H,18,19,20). The van der Waals surface area contributed by atoms with Crippen molar-refractivity contribution < 1.29 is 4.74 Å². The van der Waals surface area contributed by atoms with E-state index in [1.165, 1.54) is 11.9 Å². The summed E-state index contributed by atoms with van der Waals surface area (Å²) in [6, 6.07) is 4.06. The van der Waals surface area contributed by atoms with E-state index < -0.39 is 0 Å².